The highest BCUT2D eigenvalue weighted by Gasteiger charge is 2.53. The van der Waals surface area contributed by atoms with Gasteiger partial charge in [0.05, 0.1) is 10.9 Å². The molecule has 1 saturated carbocycles. The fourth-order valence-corrected chi connectivity index (χ4v) is 4.21. The number of nitrogens with two attached hydrogens (primary N) is 1. The van der Waals surface area contributed by atoms with Gasteiger partial charge in [-0.15, -0.1) is 0 Å². The third-order valence-electron chi connectivity index (χ3n) is 5.82. The Morgan fingerprint density at radius 2 is 2.04 bits per heavy atom. The second-order valence-electron chi connectivity index (χ2n) is 7.40. The van der Waals surface area contributed by atoms with Crippen molar-refractivity contribution in [2.75, 3.05) is 24.5 Å². The summed E-state index contributed by atoms with van der Waals surface area (Å²) in [6.45, 7) is 2.63. The van der Waals surface area contributed by atoms with Crippen molar-refractivity contribution in [2.24, 2.45) is 5.73 Å². The first-order valence-corrected chi connectivity index (χ1v) is 9.35. The van der Waals surface area contributed by atoms with Crippen LogP contribution in [0.3, 0.4) is 0 Å². The number of aromatic amines is 1. The van der Waals surface area contributed by atoms with Crippen molar-refractivity contribution < 1.29 is 4.79 Å². The Bertz CT molecular complexity index is 1010. The van der Waals surface area contributed by atoms with Gasteiger partial charge in [-0.05, 0) is 30.5 Å². The zero-order valence-corrected chi connectivity index (χ0v) is 15.1. The van der Waals surface area contributed by atoms with Crippen molar-refractivity contribution >= 4 is 22.8 Å². The summed E-state index contributed by atoms with van der Waals surface area (Å²) in [6.07, 6.45) is 5.55. The predicted molar refractivity (Wildman–Crippen MR) is 103 cm³/mol. The van der Waals surface area contributed by atoms with Crippen LogP contribution in [-0.4, -0.2) is 50.9 Å². The molecule has 1 amide bonds. The van der Waals surface area contributed by atoms with Gasteiger partial charge in [0.2, 0.25) is 0 Å². The molecule has 0 atom stereocenters. The summed E-state index contributed by atoms with van der Waals surface area (Å²) < 4.78 is 0. The SMILES string of the molecule is NCc1ccccc1C(=O)N1CCN(c2ncnc3[nH]ccc23)CC12CC2. The molecule has 3 N–H and O–H groups in total. The van der Waals surface area contributed by atoms with E-state index in [1.165, 1.54) is 0 Å². The molecule has 3 heterocycles. The largest absolute Gasteiger partial charge is 0.352 e. The van der Waals surface area contributed by atoms with E-state index < -0.39 is 0 Å². The minimum Gasteiger partial charge on any atom is -0.352 e. The molecule has 27 heavy (non-hydrogen) atoms. The third kappa shape index (κ3) is 2.57. The quantitative estimate of drug-likeness (QED) is 0.743. The van der Waals surface area contributed by atoms with Gasteiger partial charge in [-0.3, -0.25) is 4.79 Å². The number of piperazine rings is 1. The van der Waals surface area contributed by atoms with Crippen LogP contribution >= 0.6 is 0 Å². The van der Waals surface area contributed by atoms with Crippen molar-refractivity contribution in [2.45, 2.75) is 24.9 Å². The summed E-state index contributed by atoms with van der Waals surface area (Å²) >= 11 is 0. The molecule has 2 aromatic heterocycles. The molecule has 5 rings (SSSR count). The van der Waals surface area contributed by atoms with Gasteiger partial charge in [0, 0.05) is 37.9 Å². The Hall–Kier alpha value is -2.93. The first-order chi connectivity index (χ1) is 13.2. The van der Waals surface area contributed by atoms with E-state index in [0.717, 1.165) is 53.9 Å². The van der Waals surface area contributed by atoms with Crippen molar-refractivity contribution in [1.82, 2.24) is 19.9 Å². The summed E-state index contributed by atoms with van der Waals surface area (Å²) in [5, 5.41) is 1.03. The van der Waals surface area contributed by atoms with Gasteiger partial charge < -0.3 is 20.5 Å². The standard InChI is InChI=1S/C20H22N6O/c21-11-14-3-1-2-4-15(14)19(27)26-10-9-25(12-20(26)6-7-20)18-16-5-8-22-17(16)23-13-24-18/h1-5,8,13H,6-7,9-12,21H2,(H,22,23,24). The molecule has 1 aliphatic heterocycles. The predicted octanol–water partition coefficient (Wildman–Crippen LogP) is 1.91. The number of fused-ring (bicyclic) bond motifs is 1. The monoisotopic (exact) mass is 362 g/mol. The first kappa shape index (κ1) is 16.3. The minimum atomic E-state index is -0.0926. The van der Waals surface area contributed by atoms with E-state index in [9.17, 15) is 4.79 Å². The molecule has 0 unspecified atom stereocenters. The van der Waals surface area contributed by atoms with Crippen molar-refractivity contribution in [3.05, 3.63) is 54.0 Å². The normalized spacial score (nSPS) is 18.3. The number of nitrogens with one attached hydrogen (secondary N) is 1. The molecule has 1 saturated heterocycles. The van der Waals surface area contributed by atoms with Crippen molar-refractivity contribution in [3.63, 3.8) is 0 Å². The zero-order valence-electron chi connectivity index (χ0n) is 15.1. The molecular formula is C20H22N6O. The molecule has 3 aromatic rings. The Balaban J connectivity index is 1.43. The van der Waals surface area contributed by atoms with Crippen LogP contribution in [0.15, 0.2) is 42.9 Å². The number of nitrogens with zero attached hydrogens (tertiary/aromatic N) is 4. The maximum absolute atomic E-state index is 13.3. The number of rotatable bonds is 3. The summed E-state index contributed by atoms with van der Waals surface area (Å²) in [4.78, 5) is 29.6. The number of carbonyl (C=O) groups is 1. The van der Waals surface area contributed by atoms with E-state index in [0.29, 0.717) is 13.1 Å². The lowest BCUT2D eigenvalue weighted by Gasteiger charge is -2.43. The van der Waals surface area contributed by atoms with Gasteiger partial charge in [0.25, 0.3) is 5.91 Å². The summed E-state index contributed by atoms with van der Waals surface area (Å²) in [5.41, 5.74) is 8.24. The number of carbonyl (C=O) groups excluding carboxylic acids is 1. The van der Waals surface area contributed by atoms with Crippen LogP contribution < -0.4 is 10.6 Å². The molecule has 1 spiro atoms. The molecule has 2 fully saturated rings. The first-order valence-electron chi connectivity index (χ1n) is 9.35. The maximum Gasteiger partial charge on any atom is 0.254 e. The fourth-order valence-electron chi connectivity index (χ4n) is 4.21. The smallest absolute Gasteiger partial charge is 0.254 e. The summed E-state index contributed by atoms with van der Waals surface area (Å²) in [7, 11) is 0. The van der Waals surface area contributed by atoms with Crippen LogP contribution in [0, 0.1) is 0 Å². The second kappa shape index (κ2) is 6.06. The molecule has 1 aliphatic carbocycles. The van der Waals surface area contributed by atoms with Crippen LogP contribution in [0.25, 0.3) is 11.0 Å². The van der Waals surface area contributed by atoms with Gasteiger partial charge in [-0.1, -0.05) is 18.2 Å². The number of H-pyrrole nitrogens is 1. The van der Waals surface area contributed by atoms with E-state index in [4.69, 9.17) is 5.73 Å². The highest BCUT2D eigenvalue weighted by Crippen LogP contribution is 2.46. The number of hydrogen-bond donors (Lipinski definition) is 2. The molecule has 2 aliphatic rings. The van der Waals surface area contributed by atoms with E-state index >= 15 is 0 Å². The highest BCUT2D eigenvalue weighted by atomic mass is 16.2. The number of anilines is 1. The minimum absolute atomic E-state index is 0.0926. The fraction of sp³-hybridized carbons (Fsp3) is 0.350. The van der Waals surface area contributed by atoms with Crippen LogP contribution in [-0.2, 0) is 6.54 Å². The molecule has 0 radical (unpaired) electrons. The molecule has 7 nitrogen and oxygen atoms in total. The van der Waals surface area contributed by atoms with Gasteiger partial charge in [0.15, 0.2) is 0 Å². The number of amides is 1. The Morgan fingerprint density at radius 3 is 2.85 bits per heavy atom. The molecule has 7 heteroatoms. The lowest BCUT2D eigenvalue weighted by atomic mass is 10.0. The number of benzene rings is 1. The van der Waals surface area contributed by atoms with Gasteiger partial charge in [-0.25, -0.2) is 9.97 Å². The van der Waals surface area contributed by atoms with E-state index in [2.05, 4.69) is 24.8 Å². The van der Waals surface area contributed by atoms with Crippen LogP contribution in [0.1, 0.15) is 28.8 Å². The van der Waals surface area contributed by atoms with Gasteiger partial charge >= 0.3 is 0 Å². The van der Waals surface area contributed by atoms with Crippen LogP contribution in [0.4, 0.5) is 5.82 Å². The maximum atomic E-state index is 13.3. The van der Waals surface area contributed by atoms with Gasteiger partial charge in [0.1, 0.15) is 17.8 Å². The summed E-state index contributed by atoms with van der Waals surface area (Å²) in [5.74, 6) is 1.05. The van der Waals surface area contributed by atoms with E-state index in [1.807, 2.05) is 36.5 Å². The van der Waals surface area contributed by atoms with E-state index in [1.54, 1.807) is 6.33 Å². The Kier molecular flexibility index (Phi) is 3.65. The van der Waals surface area contributed by atoms with Crippen LogP contribution in [0.2, 0.25) is 0 Å². The van der Waals surface area contributed by atoms with Crippen molar-refractivity contribution in [3.8, 4) is 0 Å². The topological polar surface area (TPSA) is 91.1 Å². The molecular weight excluding hydrogens is 340 g/mol. The average Bonchev–Trinajstić information content (AvgIpc) is 3.29. The van der Waals surface area contributed by atoms with Crippen LogP contribution in [0.5, 0.6) is 0 Å². The second-order valence-corrected chi connectivity index (χ2v) is 7.40. The zero-order chi connectivity index (χ0) is 18.4. The molecule has 1 aromatic carbocycles. The van der Waals surface area contributed by atoms with Crippen molar-refractivity contribution in [1.29, 1.82) is 0 Å². The summed E-state index contributed by atoms with van der Waals surface area (Å²) in [6, 6.07) is 9.68. The molecule has 138 valence electrons. The Labute approximate surface area is 157 Å². The average molecular weight is 362 g/mol. The lowest BCUT2D eigenvalue weighted by molar-refractivity contribution is 0.0623. The van der Waals surface area contributed by atoms with E-state index in [-0.39, 0.29) is 11.4 Å². The lowest BCUT2D eigenvalue weighted by Crippen LogP contribution is -2.57. The number of hydrogen-bond acceptors (Lipinski definition) is 5. The third-order valence-corrected chi connectivity index (χ3v) is 5.82. The van der Waals surface area contributed by atoms with Gasteiger partial charge in [-0.2, -0.15) is 0 Å². The highest BCUT2D eigenvalue weighted by molar-refractivity contribution is 5.97. The number of aromatic nitrogens is 3. The Morgan fingerprint density at radius 1 is 1.19 bits per heavy atom. The molecule has 0 bridgehead atoms.